The van der Waals surface area contributed by atoms with E-state index in [9.17, 15) is 0 Å². The van der Waals surface area contributed by atoms with Crippen molar-refractivity contribution in [1.29, 1.82) is 0 Å². The van der Waals surface area contributed by atoms with Crippen molar-refractivity contribution >= 4 is 21.9 Å². The van der Waals surface area contributed by atoms with Crippen LogP contribution in [-0.2, 0) is 5.60 Å². The Balaban J connectivity index is 1.30. The van der Waals surface area contributed by atoms with Crippen molar-refractivity contribution in [2.45, 2.75) is 19.4 Å². The van der Waals surface area contributed by atoms with Crippen molar-refractivity contribution in [3.05, 3.63) is 121 Å². The van der Waals surface area contributed by atoms with Gasteiger partial charge in [-0.3, -0.25) is 0 Å². The number of nitrogens with zero attached hydrogens (tertiary/aromatic N) is 3. The summed E-state index contributed by atoms with van der Waals surface area (Å²) in [7, 11) is 0. The first-order chi connectivity index (χ1) is 20.0. The molecule has 0 bridgehead atoms. The van der Waals surface area contributed by atoms with Crippen molar-refractivity contribution in [3.8, 4) is 51.0 Å². The van der Waals surface area contributed by atoms with Crippen LogP contribution in [-0.4, -0.2) is 15.0 Å². The second-order valence-electron chi connectivity index (χ2n) is 10.9. The minimum Gasteiger partial charge on any atom is -0.482 e. The summed E-state index contributed by atoms with van der Waals surface area (Å²) < 4.78 is 12.7. The number of hydrogen-bond acceptors (Lipinski definition) is 5. The van der Waals surface area contributed by atoms with Gasteiger partial charge < -0.3 is 9.15 Å². The van der Waals surface area contributed by atoms with Crippen molar-refractivity contribution < 1.29 is 9.15 Å². The van der Waals surface area contributed by atoms with Gasteiger partial charge in [0.15, 0.2) is 17.5 Å². The van der Waals surface area contributed by atoms with E-state index in [1.165, 1.54) is 11.1 Å². The highest BCUT2D eigenvalue weighted by molar-refractivity contribution is 6.05. The molecule has 0 saturated heterocycles. The Hall–Kier alpha value is -5.29. The van der Waals surface area contributed by atoms with Gasteiger partial charge in [-0.1, -0.05) is 84.9 Å². The highest BCUT2D eigenvalue weighted by Gasteiger charge is 2.32. The molecule has 0 spiro atoms. The van der Waals surface area contributed by atoms with Gasteiger partial charge in [-0.05, 0) is 49.7 Å². The molecule has 1 aliphatic heterocycles. The van der Waals surface area contributed by atoms with Gasteiger partial charge in [0, 0.05) is 38.6 Å². The average Bonchev–Trinajstić information content (AvgIpc) is 3.39. The van der Waals surface area contributed by atoms with Gasteiger partial charge in [-0.25, -0.2) is 15.0 Å². The van der Waals surface area contributed by atoms with Gasteiger partial charge in [-0.15, -0.1) is 0 Å². The van der Waals surface area contributed by atoms with Gasteiger partial charge in [0.05, 0.1) is 0 Å². The molecule has 1 aliphatic rings. The minimum absolute atomic E-state index is 0.455. The highest BCUT2D eigenvalue weighted by atomic mass is 16.5. The molecule has 0 fully saturated rings. The summed E-state index contributed by atoms with van der Waals surface area (Å²) in [6, 6.07) is 38.8. The molecule has 8 rings (SSSR count). The molecule has 2 aromatic heterocycles. The first-order valence-corrected chi connectivity index (χ1v) is 13.7. The van der Waals surface area contributed by atoms with Crippen molar-refractivity contribution in [3.63, 3.8) is 0 Å². The van der Waals surface area contributed by atoms with Crippen LogP contribution < -0.4 is 4.74 Å². The second kappa shape index (κ2) is 8.86. The van der Waals surface area contributed by atoms with E-state index in [2.05, 4.69) is 62.4 Å². The number of hydrogen-bond donors (Lipinski definition) is 0. The third-order valence-electron chi connectivity index (χ3n) is 7.78. The van der Waals surface area contributed by atoms with E-state index in [4.69, 9.17) is 24.1 Å². The summed E-state index contributed by atoms with van der Waals surface area (Å²) in [5.74, 6) is 2.60. The number of benzene rings is 5. The van der Waals surface area contributed by atoms with E-state index in [0.717, 1.165) is 49.9 Å². The lowest BCUT2D eigenvalue weighted by Crippen LogP contribution is -2.29. The number of para-hydroxylation sites is 1. The number of furan rings is 1. The van der Waals surface area contributed by atoms with E-state index < -0.39 is 5.60 Å². The maximum absolute atomic E-state index is 6.53. The molecular weight excluding hydrogens is 506 g/mol. The van der Waals surface area contributed by atoms with Crippen LogP contribution in [0.3, 0.4) is 0 Å². The summed E-state index contributed by atoms with van der Waals surface area (Å²) in [6.45, 7) is 4.20. The Labute approximate surface area is 237 Å². The van der Waals surface area contributed by atoms with E-state index in [1.807, 2.05) is 66.7 Å². The topological polar surface area (TPSA) is 61.0 Å². The van der Waals surface area contributed by atoms with Crippen LogP contribution in [0.1, 0.15) is 19.4 Å². The number of fused-ring (bicyclic) bond motifs is 6. The molecule has 7 aromatic rings. The fraction of sp³-hybridized carbons (Fsp3) is 0.0833. The SMILES string of the molecule is CC1(C)Oc2cc(-c3nc(-c4ccccc4)nc(-c4ccc5c(c4)oc4ccccc45)n3)ccc2-c2ccccc21. The molecule has 5 aromatic carbocycles. The molecule has 41 heavy (non-hydrogen) atoms. The minimum atomic E-state index is -0.455. The summed E-state index contributed by atoms with van der Waals surface area (Å²) in [6.07, 6.45) is 0. The maximum Gasteiger partial charge on any atom is 0.164 e. The predicted octanol–water partition coefficient (Wildman–Crippen LogP) is 9.07. The molecule has 0 amide bonds. The van der Waals surface area contributed by atoms with E-state index in [0.29, 0.717) is 17.5 Å². The molecule has 5 nitrogen and oxygen atoms in total. The fourth-order valence-corrected chi connectivity index (χ4v) is 5.76. The quantitative estimate of drug-likeness (QED) is 0.228. The van der Waals surface area contributed by atoms with Crippen LogP contribution in [0.4, 0.5) is 0 Å². The molecular formula is C36H25N3O2. The van der Waals surface area contributed by atoms with Crippen LogP contribution >= 0.6 is 0 Å². The lowest BCUT2D eigenvalue weighted by atomic mass is 9.86. The van der Waals surface area contributed by atoms with Gasteiger partial charge in [0.1, 0.15) is 22.5 Å². The lowest BCUT2D eigenvalue weighted by Gasteiger charge is -2.35. The van der Waals surface area contributed by atoms with Gasteiger partial charge >= 0.3 is 0 Å². The molecule has 0 atom stereocenters. The Morgan fingerprint density at radius 2 is 1.15 bits per heavy atom. The van der Waals surface area contributed by atoms with Crippen LogP contribution in [0, 0.1) is 0 Å². The Bertz CT molecular complexity index is 2110. The smallest absolute Gasteiger partial charge is 0.164 e. The second-order valence-corrected chi connectivity index (χ2v) is 10.9. The number of aromatic nitrogens is 3. The van der Waals surface area contributed by atoms with Crippen LogP contribution in [0.25, 0.3) is 67.2 Å². The van der Waals surface area contributed by atoms with Crippen molar-refractivity contribution in [1.82, 2.24) is 15.0 Å². The van der Waals surface area contributed by atoms with Crippen LogP contribution in [0.2, 0.25) is 0 Å². The molecule has 0 aliphatic carbocycles. The first kappa shape index (κ1) is 23.6. The standard InChI is InChI=1S/C36H25N3O2/c1-36(2)29-14-8-6-12-25(29)27-18-16-24(21-32(27)41-36)35-38-33(22-10-4-3-5-11-22)37-34(39-35)23-17-19-28-26-13-7-9-15-30(26)40-31(28)20-23/h3-21H,1-2H3. The normalized spacial score (nSPS) is 13.5. The zero-order valence-corrected chi connectivity index (χ0v) is 22.6. The van der Waals surface area contributed by atoms with Gasteiger partial charge in [-0.2, -0.15) is 0 Å². The number of rotatable bonds is 3. The third kappa shape index (κ3) is 3.89. The first-order valence-electron chi connectivity index (χ1n) is 13.7. The largest absolute Gasteiger partial charge is 0.482 e. The third-order valence-corrected chi connectivity index (χ3v) is 7.78. The van der Waals surface area contributed by atoms with E-state index >= 15 is 0 Å². The maximum atomic E-state index is 6.53. The molecule has 0 radical (unpaired) electrons. The van der Waals surface area contributed by atoms with Crippen LogP contribution in [0.15, 0.2) is 120 Å². The molecule has 5 heteroatoms. The Kier molecular flexibility index (Phi) is 5.10. The lowest BCUT2D eigenvalue weighted by molar-refractivity contribution is 0.106. The van der Waals surface area contributed by atoms with Gasteiger partial charge in [0.2, 0.25) is 0 Å². The Morgan fingerprint density at radius 3 is 1.98 bits per heavy atom. The molecule has 3 heterocycles. The highest BCUT2D eigenvalue weighted by Crippen LogP contribution is 2.46. The average molecular weight is 532 g/mol. The fourth-order valence-electron chi connectivity index (χ4n) is 5.76. The van der Waals surface area contributed by atoms with Crippen molar-refractivity contribution in [2.75, 3.05) is 0 Å². The molecule has 0 saturated carbocycles. The van der Waals surface area contributed by atoms with Crippen LogP contribution in [0.5, 0.6) is 5.75 Å². The molecule has 196 valence electrons. The number of ether oxygens (including phenoxy) is 1. The zero-order chi connectivity index (χ0) is 27.6. The summed E-state index contributed by atoms with van der Waals surface area (Å²) >= 11 is 0. The predicted molar refractivity (Wildman–Crippen MR) is 163 cm³/mol. The van der Waals surface area contributed by atoms with Gasteiger partial charge in [0.25, 0.3) is 0 Å². The van der Waals surface area contributed by atoms with E-state index in [-0.39, 0.29) is 0 Å². The summed E-state index contributed by atoms with van der Waals surface area (Å²) in [5, 5.41) is 2.16. The Morgan fingerprint density at radius 1 is 0.512 bits per heavy atom. The van der Waals surface area contributed by atoms with Crippen molar-refractivity contribution in [2.24, 2.45) is 0 Å². The van der Waals surface area contributed by atoms with E-state index in [1.54, 1.807) is 0 Å². The zero-order valence-electron chi connectivity index (χ0n) is 22.6. The molecule has 0 N–H and O–H groups in total. The molecule has 0 unspecified atom stereocenters. The summed E-state index contributed by atoms with van der Waals surface area (Å²) in [4.78, 5) is 14.8. The summed E-state index contributed by atoms with van der Waals surface area (Å²) in [5.41, 5.74) is 7.29. The monoisotopic (exact) mass is 531 g/mol.